The number of urea groups is 1. The smallest absolute Gasteiger partial charge is 0.326 e. The van der Waals surface area contributed by atoms with Gasteiger partial charge in [-0.1, -0.05) is 13.8 Å². The lowest BCUT2D eigenvalue weighted by Gasteiger charge is -2.22. The van der Waals surface area contributed by atoms with E-state index >= 15 is 0 Å². The summed E-state index contributed by atoms with van der Waals surface area (Å²) in [5, 5.41) is 19.4. The van der Waals surface area contributed by atoms with Crippen LogP contribution in [0.25, 0.3) is 0 Å². The second-order valence-electron chi connectivity index (χ2n) is 4.21. The van der Waals surface area contributed by atoms with E-state index in [1.165, 1.54) is 11.9 Å². The van der Waals surface area contributed by atoms with Crippen LogP contribution in [0.3, 0.4) is 0 Å². The fraction of sp³-hybridized carbons (Fsp3) is 0.700. The van der Waals surface area contributed by atoms with Gasteiger partial charge >= 0.3 is 18.0 Å². The van der Waals surface area contributed by atoms with Gasteiger partial charge in [0.25, 0.3) is 0 Å². The highest BCUT2D eigenvalue weighted by Crippen LogP contribution is 1.99. The first kappa shape index (κ1) is 15.2. The molecule has 2 amide bonds. The summed E-state index contributed by atoms with van der Waals surface area (Å²) in [5.74, 6) is -2.39. The minimum atomic E-state index is -1.41. The normalized spacial score (nSPS) is 12.0. The molecule has 1 atom stereocenters. The molecule has 7 heteroatoms. The van der Waals surface area contributed by atoms with Gasteiger partial charge in [0.2, 0.25) is 0 Å². The average molecular weight is 246 g/mol. The summed E-state index contributed by atoms with van der Waals surface area (Å²) in [7, 11) is 1.52. The van der Waals surface area contributed by atoms with Gasteiger partial charge in [0.05, 0.1) is 6.42 Å². The standard InChI is InChI=1S/C10H18N2O5/c1-6(2)5-12(3)10(17)11-7(9(15)16)4-8(13)14/h6-7H,4-5H2,1-3H3,(H,11,17)(H,13,14)(H,15,16). The predicted octanol–water partition coefficient (Wildman–Crippen LogP) is 0.212. The second-order valence-corrected chi connectivity index (χ2v) is 4.21. The van der Waals surface area contributed by atoms with Gasteiger partial charge in [-0.05, 0) is 5.92 Å². The maximum Gasteiger partial charge on any atom is 0.326 e. The van der Waals surface area contributed by atoms with Gasteiger partial charge in [0.1, 0.15) is 6.04 Å². The third-order valence-electron chi connectivity index (χ3n) is 1.96. The summed E-state index contributed by atoms with van der Waals surface area (Å²) in [6, 6.07) is -2.00. The number of nitrogens with one attached hydrogen (secondary N) is 1. The Kier molecular flexibility index (Phi) is 6.01. The summed E-state index contributed by atoms with van der Waals surface area (Å²) < 4.78 is 0. The molecule has 0 fully saturated rings. The molecule has 1 unspecified atom stereocenters. The monoisotopic (exact) mass is 246 g/mol. The van der Waals surface area contributed by atoms with Crippen LogP contribution in [0, 0.1) is 5.92 Å². The summed E-state index contributed by atoms with van der Waals surface area (Å²) in [6.45, 7) is 4.29. The van der Waals surface area contributed by atoms with Crippen LogP contribution in [0.15, 0.2) is 0 Å². The summed E-state index contributed by atoms with van der Waals surface area (Å²) >= 11 is 0. The summed E-state index contributed by atoms with van der Waals surface area (Å²) in [6.07, 6.45) is -0.642. The Morgan fingerprint density at radius 2 is 1.76 bits per heavy atom. The minimum absolute atomic E-state index is 0.244. The number of carboxylic acid groups (broad SMARTS) is 2. The van der Waals surface area contributed by atoms with Crippen molar-refractivity contribution in [3.63, 3.8) is 0 Å². The Hall–Kier alpha value is -1.79. The number of hydrogen-bond acceptors (Lipinski definition) is 3. The van der Waals surface area contributed by atoms with Crippen LogP contribution in [0.2, 0.25) is 0 Å². The Balaban J connectivity index is 4.39. The molecule has 0 aliphatic carbocycles. The number of carbonyl (C=O) groups excluding carboxylic acids is 1. The first-order valence-electron chi connectivity index (χ1n) is 5.20. The molecule has 0 aromatic rings. The van der Waals surface area contributed by atoms with Crippen molar-refractivity contribution >= 4 is 18.0 Å². The third kappa shape index (κ3) is 6.39. The first-order valence-corrected chi connectivity index (χ1v) is 5.20. The van der Waals surface area contributed by atoms with Crippen molar-refractivity contribution < 1.29 is 24.6 Å². The molecular formula is C10H18N2O5. The lowest BCUT2D eigenvalue weighted by Crippen LogP contribution is -2.48. The highest BCUT2D eigenvalue weighted by molar-refractivity contribution is 5.86. The second kappa shape index (κ2) is 6.72. The largest absolute Gasteiger partial charge is 0.481 e. The number of carbonyl (C=O) groups is 3. The predicted molar refractivity (Wildman–Crippen MR) is 59.7 cm³/mol. The van der Waals surface area contributed by atoms with E-state index in [1.54, 1.807) is 0 Å². The first-order chi connectivity index (χ1) is 7.73. The SMILES string of the molecule is CC(C)CN(C)C(=O)NC(CC(=O)O)C(=O)O. The quantitative estimate of drug-likeness (QED) is 0.621. The Morgan fingerprint density at radius 1 is 1.24 bits per heavy atom. The fourth-order valence-corrected chi connectivity index (χ4v) is 1.26. The van der Waals surface area contributed by atoms with E-state index in [-0.39, 0.29) is 5.92 Å². The lowest BCUT2D eigenvalue weighted by molar-refractivity contribution is -0.145. The van der Waals surface area contributed by atoms with Crippen LogP contribution < -0.4 is 5.32 Å². The lowest BCUT2D eigenvalue weighted by atomic mass is 10.2. The van der Waals surface area contributed by atoms with Crippen molar-refractivity contribution in [2.75, 3.05) is 13.6 Å². The van der Waals surface area contributed by atoms with E-state index < -0.39 is 30.4 Å². The molecular weight excluding hydrogens is 228 g/mol. The third-order valence-corrected chi connectivity index (χ3v) is 1.96. The maximum absolute atomic E-state index is 11.5. The van der Waals surface area contributed by atoms with Crippen molar-refractivity contribution in [3.8, 4) is 0 Å². The van der Waals surface area contributed by atoms with E-state index in [0.717, 1.165) is 0 Å². The zero-order valence-corrected chi connectivity index (χ0v) is 10.1. The van der Waals surface area contributed by atoms with Crippen molar-refractivity contribution in [2.45, 2.75) is 26.3 Å². The molecule has 0 heterocycles. The summed E-state index contributed by atoms with van der Waals surface area (Å²) in [4.78, 5) is 34.0. The fourth-order valence-electron chi connectivity index (χ4n) is 1.26. The minimum Gasteiger partial charge on any atom is -0.481 e. The van der Waals surface area contributed by atoms with Crippen LogP contribution in [0.5, 0.6) is 0 Å². The average Bonchev–Trinajstić information content (AvgIpc) is 2.14. The van der Waals surface area contributed by atoms with Gasteiger partial charge < -0.3 is 20.4 Å². The highest BCUT2D eigenvalue weighted by atomic mass is 16.4. The van der Waals surface area contributed by atoms with E-state index in [9.17, 15) is 14.4 Å². The topological polar surface area (TPSA) is 107 Å². The molecule has 0 spiro atoms. The van der Waals surface area contributed by atoms with Crippen molar-refractivity contribution in [1.82, 2.24) is 10.2 Å². The van der Waals surface area contributed by atoms with Gasteiger partial charge in [-0.2, -0.15) is 0 Å². The van der Waals surface area contributed by atoms with E-state index in [1.807, 2.05) is 13.8 Å². The van der Waals surface area contributed by atoms with Gasteiger partial charge in [0, 0.05) is 13.6 Å². The molecule has 98 valence electrons. The van der Waals surface area contributed by atoms with Gasteiger partial charge in [-0.3, -0.25) is 4.79 Å². The molecule has 0 aromatic heterocycles. The molecule has 0 aliphatic heterocycles. The van der Waals surface area contributed by atoms with Crippen LogP contribution in [0.4, 0.5) is 4.79 Å². The number of nitrogens with zero attached hydrogens (tertiary/aromatic N) is 1. The highest BCUT2D eigenvalue weighted by Gasteiger charge is 2.24. The maximum atomic E-state index is 11.5. The zero-order valence-electron chi connectivity index (χ0n) is 10.1. The van der Waals surface area contributed by atoms with Gasteiger partial charge in [-0.25, -0.2) is 9.59 Å². The molecule has 0 aromatic carbocycles. The van der Waals surface area contributed by atoms with Crippen LogP contribution in [-0.2, 0) is 9.59 Å². The van der Waals surface area contributed by atoms with Gasteiger partial charge in [0.15, 0.2) is 0 Å². The Bertz CT molecular complexity index is 303. The van der Waals surface area contributed by atoms with E-state index in [4.69, 9.17) is 10.2 Å². The molecule has 0 rings (SSSR count). The molecule has 3 N–H and O–H groups in total. The number of carboxylic acids is 2. The molecule has 0 radical (unpaired) electrons. The number of hydrogen-bond donors (Lipinski definition) is 3. The Morgan fingerprint density at radius 3 is 2.12 bits per heavy atom. The van der Waals surface area contributed by atoms with Gasteiger partial charge in [-0.15, -0.1) is 0 Å². The van der Waals surface area contributed by atoms with E-state index in [0.29, 0.717) is 6.54 Å². The van der Waals surface area contributed by atoms with Crippen molar-refractivity contribution in [2.24, 2.45) is 5.92 Å². The molecule has 0 aliphatic rings. The Labute approximate surface area is 99.4 Å². The molecule has 0 saturated carbocycles. The van der Waals surface area contributed by atoms with Crippen LogP contribution >= 0.6 is 0 Å². The number of aliphatic carboxylic acids is 2. The zero-order chi connectivity index (χ0) is 13.6. The molecule has 0 bridgehead atoms. The van der Waals surface area contributed by atoms with Crippen molar-refractivity contribution in [1.29, 1.82) is 0 Å². The number of amides is 2. The molecule has 7 nitrogen and oxygen atoms in total. The van der Waals surface area contributed by atoms with Crippen LogP contribution in [0.1, 0.15) is 20.3 Å². The number of rotatable bonds is 6. The molecule has 17 heavy (non-hydrogen) atoms. The van der Waals surface area contributed by atoms with Crippen LogP contribution in [-0.4, -0.2) is 52.7 Å². The van der Waals surface area contributed by atoms with Crippen molar-refractivity contribution in [3.05, 3.63) is 0 Å². The molecule has 0 saturated heterocycles. The summed E-state index contributed by atoms with van der Waals surface area (Å²) in [5.41, 5.74) is 0. The van der Waals surface area contributed by atoms with E-state index in [2.05, 4.69) is 5.32 Å².